The highest BCUT2D eigenvalue weighted by atomic mass is 16.5. The first-order valence-electron chi connectivity index (χ1n) is 6.64. The van der Waals surface area contributed by atoms with E-state index in [0.29, 0.717) is 11.3 Å². The van der Waals surface area contributed by atoms with Gasteiger partial charge in [-0.15, -0.1) is 0 Å². The highest BCUT2D eigenvalue weighted by Crippen LogP contribution is 2.29. The lowest BCUT2D eigenvalue weighted by Gasteiger charge is -2.11. The molecule has 0 saturated carbocycles. The number of ether oxygens (including phenoxy) is 2. The summed E-state index contributed by atoms with van der Waals surface area (Å²) in [5, 5.41) is 0. The molecule has 0 heterocycles. The molecule has 2 aromatic rings. The van der Waals surface area contributed by atoms with Crippen LogP contribution >= 0.6 is 0 Å². The first-order valence-corrected chi connectivity index (χ1v) is 6.64. The largest absolute Gasteiger partial charge is 0.465 e. The Bertz CT molecular complexity index is 703. The third kappa shape index (κ3) is 3.09. The summed E-state index contributed by atoms with van der Waals surface area (Å²) in [6.07, 6.45) is 0. The molecule has 0 radical (unpaired) electrons. The summed E-state index contributed by atoms with van der Waals surface area (Å²) >= 11 is 0. The number of rotatable bonds is 3. The van der Waals surface area contributed by atoms with Crippen molar-refractivity contribution in [3.63, 3.8) is 0 Å². The molecule has 0 unspecified atom stereocenters. The van der Waals surface area contributed by atoms with Gasteiger partial charge in [-0.2, -0.15) is 0 Å². The molecule has 0 aliphatic carbocycles. The Hall–Kier alpha value is -2.82. The molecule has 0 bridgehead atoms. The van der Waals surface area contributed by atoms with E-state index in [1.54, 1.807) is 12.1 Å². The van der Waals surface area contributed by atoms with Gasteiger partial charge in [0.25, 0.3) is 0 Å². The lowest BCUT2D eigenvalue weighted by molar-refractivity contribution is 0.0599. The van der Waals surface area contributed by atoms with Crippen molar-refractivity contribution in [2.75, 3.05) is 20.0 Å². The topological polar surface area (TPSA) is 78.6 Å². The van der Waals surface area contributed by atoms with Crippen molar-refractivity contribution >= 4 is 17.6 Å². The number of aryl methyl sites for hydroxylation is 1. The van der Waals surface area contributed by atoms with E-state index in [0.717, 1.165) is 11.1 Å². The molecule has 114 valence electrons. The highest BCUT2D eigenvalue weighted by Gasteiger charge is 2.15. The van der Waals surface area contributed by atoms with E-state index in [1.165, 1.54) is 20.3 Å². The van der Waals surface area contributed by atoms with E-state index >= 15 is 0 Å². The second kappa shape index (κ2) is 6.30. The fourth-order valence-electron chi connectivity index (χ4n) is 2.20. The molecule has 0 aromatic heterocycles. The fraction of sp³-hybridized carbons (Fsp3) is 0.176. The lowest BCUT2D eigenvalue weighted by atomic mass is 9.97. The first-order chi connectivity index (χ1) is 10.5. The number of carbonyl (C=O) groups excluding carboxylic acids is 2. The number of hydrogen-bond donors (Lipinski definition) is 1. The van der Waals surface area contributed by atoms with E-state index < -0.39 is 11.9 Å². The number of nitrogens with two attached hydrogens (primary N) is 1. The number of nitrogen functional groups attached to an aromatic ring is 1. The third-order valence-electron chi connectivity index (χ3n) is 3.29. The minimum absolute atomic E-state index is 0.264. The zero-order chi connectivity index (χ0) is 16.3. The van der Waals surface area contributed by atoms with Gasteiger partial charge in [0.05, 0.1) is 25.3 Å². The SMILES string of the molecule is COC(=O)c1cc(C(=O)OC)cc(-c2ccc(C)cc2N)c1. The van der Waals surface area contributed by atoms with E-state index in [-0.39, 0.29) is 11.1 Å². The maximum atomic E-state index is 11.8. The molecule has 0 fully saturated rings. The van der Waals surface area contributed by atoms with E-state index in [4.69, 9.17) is 15.2 Å². The van der Waals surface area contributed by atoms with Crippen molar-refractivity contribution in [1.29, 1.82) is 0 Å². The minimum atomic E-state index is -0.530. The van der Waals surface area contributed by atoms with Gasteiger partial charge in [0.2, 0.25) is 0 Å². The van der Waals surface area contributed by atoms with Crippen molar-refractivity contribution in [2.24, 2.45) is 0 Å². The molecule has 5 nitrogen and oxygen atoms in total. The Morgan fingerprint density at radius 1 is 0.909 bits per heavy atom. The minimum Gasteiger partial charge on any atom is -0.465 e. The van der Waals surface area contributed by atoms with Crippen molar-refractivity contribution in [3.05, 3.63) is 53.1 Å². The maximum absolute atomic E-state index is 11.8. The average molecular weight is 299 g/mol. The van der Waals surface area contributed by atoms with Crippen LogP contribution in [-0.2, 0) is 9.47 Å². The Kier molecular flexibility index (Phi) is 4.46. The summed E-state index contributed by atoms with van der Waals surface area (Å²) in [5.74, 6) is -1.06. The standard InChI is InChI=1S/C17H17NO4/c1-10-4-5-14(15(18)6-10)11-7-12(16(19)21-2)9-13(8-11)17(20)22-3/h4-9H,18H2,1-3H3. The molecule has 22 heavy (non-hydrogen) atoms. The molecule has 0 atom stereocenters. The Morgan fingerprint density at radius 3 is 1.91 bits per heavy atom. The summed E-state index contributed by atoms with van der Waals surface area (Å²) in [7, 11) is 2.57. The number of benzene rings is 2. The van der Waals surface area contributed by atoms with Crippen LogP contribution in [0.25, 0.3) is 11.1 Å². The number of methoxy groups -OCH3 is 2. The Labute approximate surface area is 128 Å². The Balaban J connectivity index is 2.63. The van der Waals surface area contributed by atoms with Gasteiger partial charge in [-0.05, 0) is 42.3 Å². The van der Waals surface area contributed by atoms with Gasteiger partial charge in [-0.3, -0.25) is 0 Å². The van der Waals surface area contributed by atoms with E-state index in [2.05, 4.69) is 0 Å². The zero-order valence-corrected chi connectivity index (χ0v) is 12.7. The van der Waals surface area contributed by atoms with Crippen LogP contribution < -0.4 is 5.73 Å². The molecule has 2 aromatic carbocycles. The number of carbonyl (C=O) groups is 2. The molecule has 2 rings (SSSR count). The summed E-state index contributed by atoms with van der Waals surface area (Å²) in [4.78, 5) is 23.6. The summed E-state index contributed by atoms with van der Waals surface area (Å²) in [6.45, 7) is 1.94. The molecular formula is C17H17NO4. The summed E-state index contributed by atoms with van der Waals surface area (Å²) < 4.78 is 9.45. The predicted molar refractivity (Wildman–Crippen MR) is 83.7 cm³/mol. The zero-order valence-electron chi connectivity index (χ0n) is 12.7. The van der Waals surface area contributed by atoms with Crippen LogP contribution in [0.2, 0.25) is 0 Å². The van der Waals surface area contributed by atoms with Gasteiger partial charge in [-0.25, -0.2) is 9.59 Å². The molecule has 0 aliphatic rings. The van der Waals surface area contributed by atoms with Gasteiger partial charge in [-0.1, -0.05) is 12.1 Å². The highest BCUT2D eigenvalue weighted by molar-refractivity contribution is 5.98. The van der Waals surface area contributed by atoms with E-state index in [1.807, 2.05) is 25.1 Å². The van der Waals surface area contributed by atoms with Crippen LogP contribution in [0.5, 0.6) is 0 Å². The van der Waals surface area contributed by atoms with Gasteiger partial charge in [0.15, 0.2) is 0 Å². The van der Waals surface area contributed by atoms with E-state index in [9.17, 15) is 9.59 Å². The summed E-state index contributed by atoms with van der Waals surface area (Å²) in [6, 6.07) is 10.3. The second-order valence-electron chi connectivity index (χ2n) is 4.87. The molecular weight excluding hydrogens is 282 g/mol. The monoisotopic (exact) mass is 299 g/mol. The molecule has 0 aliphatic heterocycles. The molecule has 2 N–H and O–H groups in total. The van der Waals surface area contributed by atoms with Crippen LogP contribution in [-0.4, -0.2) is 26.2 Å². The van der Waals surface area contributed by atoms with Crippen molar-refractivity contribution < 1.29 is 19.1 Å². The number of anilines is 1. The molecule has 0 amide bonds. The fourth-order valence-corrected chi connectivity index (χ4v) is 2.20. The van der Waals surface area contributed by atoms with Crippen molar-refractivity contribution in [2.45, 2.75) is 6.92 Å². The van der Waals surface area contributed by atoms with Crippen LogP contribution in [0.3, 0.4) is 0 Å². The van der Waals surface area contributed by atoms with Gasteiger partial charge < -0.3 is 15.2 Å². The summed E-state index contributed by atoms with van der Waals surface area (Å²) in [5.41, 5.74) is 9.55. The van der Waals surface area contributed by atoms with Crippen LogP contribution in [0.15, 0.2) is 36.4 Å². The maximum Gasteiger partial charge on any atom is 0.337 e. The third-order valence-corrected chi connectivity index (χ3v) is 3.29. The van der Waals surface area contributed by atoms with Crippen molar-refractivity contribution in [1.82, 2.24) is 0 Å². The first kappa shape index (κ1) is 15.6. The van der Waals surface area contributed by atoms with Crippen LogP contribution in [0.1, 0.15) is 26.3 Å². The molecule has 0 saturated heterocycles. The number of hydrogen-bond acceptors (Lipinski definition) is 5. The number of esters is 2. The van der Waals surface area contributed by atoms with Gasteiger partial charge >= 0.3 is 11.9 Å². The average Bonchev–Trinajstić information content (AvgIpc) is 2.52. The van der Waals surface area contributed by atoms with Crippen LogP contribution in [0.4, 0.5) is 5.69 Å². The smallest absolute Gasteiger partial charge is 0.337 e. The van der Waals surface area contributed by atoms with Crippen molar-refractivity contribution in [3.8, 4) is 11.1 Å². The van der Waals surface area contributed by atoms with Crippen LogP contribution in [0, 0.1) is 6.92 Å². The predicted octanol–water partition coefficient (Wildman–Crippen LogP) is 2.82. The molecule has 0 spiro atoms. The Morgan fingerprint density at radius 2 is 1.45 bits per heavy atom. The lowest BCUT2D eigenvalue weighted by Crippen LogP contribution is -2.07. The normalized spacial score (nSPS) is 10.1. The molecule has 5 heteroatoms. The van der Waals surface area contributed by atoms with Gasteiger partial charge in [0.1, 0.15) is 0 Å². The second-order valence-corrected chi connectivity index (χ2v) is 4.87. The quantitative estimate of drug-likeness (QED) is 0.696. The van der Waals surface area contributed by atoms with Gasteiger partial charge in [0, 0.05) is 11.3 Å².